The van der Waals surface area contributed by atoms with E-state index in [1.165, 1.54) is 25.9 Å². The zero-order valence-corrected chi connectivity index (χ0v) is 10.5. The van der Waals surface area contributed by atoms with Gasteiger partial charge in [-0.1, -0.05) is 0 Å². The van der Waals surface area contributed by atoms with E-state index in [-0.39, 0.29) is 0 Å². The number of rotatable bonds is 4. The predicted molar refractivity (Wildman–Crippen MR) is 73.9 cm³/mol. The molecule has 0 spiro atoms. The summed E-state index contributed by atoms with van der Waals surface area (Å²) in [6.45, 7) is 4.21. The topological polar surface area (TPSA) is 54.3 Å². The van der Waals surface area contributed by atoms with E-state index in [0.29, 0.717) is 5.82 Å². The zero-order valence-electron chi connectivity index (χ0n) is 10.5. The number of nitrogen functional groups attached to an aromatic ring is 1. The molecule has 2 heterocycles. The minimum absolute atomic E-state index is 0.694. The lowest BCUT2D eigenvalue weighted by molar-refractivity contribution is 0.238. The zero-order chi connectivity index (χ0) is 12.4. The summed E-state index contributed by atoms with van der Waals surface area (Å²) >= 11 is 0. The predicted octanol–water partition coefficient (Wildman–Crippen LogP) is 2.22. The molecule has 0 aliphatic carbocycles. The third kappa shape index (κ3) is 2.43. The van der Waals surface area contributed by atoms with Crippen LogP contribution in [0.4, 0.5) is 5.82 Å². The fourth-order valence-corrected chi connectivity index (χ4v) is 2.52. The van der Waals surface area contributed by atoms with Crippen LogP contribution in [0.2, 0.25) is 0 Å². The Morgan fingerprint density at radius 3 is 2.89 bits per heavy atom. The van der Waals surface area contributed by atoms with Gasteiger partial charge in [0, 0.05) is 17.4 Å². The fourth-order valence-electron chi connectivity index (χ4n) is 2.52. The Bertz CT molecular complexity index is 529. The van der Waals surface area contributed by atoms with Crippen molar-refractivity contribution < 1.29 is 4.74 Å². The summed E-state index contributed by atoms with van der Waals surface area (Å²) in [5.41, 5.74) is 6.78. The quantitative estimate of drug-likeness (QED) is 0.868. The third-order valence-corrected chi connectivity index (χ3v) is 3.49. The highest BCUT2D eigenvalue weighted by Gasteiger charge is 2.10. The van der Waals surface area contributed by atoms with Gasteiger partial charge in [0.1, 0.15) is 18.2 Å². The van der Waals surface area contributed by atoms with Gasteiger partial charge in [-0.05, 0) is 50.2 Å². The summed E-state index contributed by atoms with van der Waals surface area (Å²) in [5, 5.41) is 1.10. The second-order valence-electron chi connectivity index (χ2n) is 4.87. The fraction of sp³-hybridized carbons (Fsp3) is 0.429. The van der Waals surface area contributed by atoms with Crippen molar-refractivity contribution in [1.82, 2.24) is 9.88 Å². The first-order valence-corrected chi connectivity index (χ1v) is 6.55. The Kier molecular flexibility index (Phi) is 3.11. The summed E-state index contributed by atoms with van der Waals surface area (Å²) in [4.78, 5) is 5.55. The number of ether oxygens (including phenoxy) is 1. The van der Waals surface area contributed by atoms with Crippen LogP contribution >= 0.6 is 0 Å². The number of likely N-dealkylation sites (tertiary alicyclic amines) is 1. The lowest BCUT2D eigenvalue weighted by atomic mass is 10.2. The van der Waals surface area contributed by atoms with Crippen LogP contribution in [-0.2, 0) is 0 Å². The van der Waals surface area contributed by atoms with E-state index < -0.39 is 0 Å². The Balaban J connectivity index is 1.59. The van der Waals surface area contributed by atoms with Crippen LogP contribution < -0.4 is 10.5 Å². The molecule has 0 bridgehead atoms. The second kappa shape index (κ2) is 4.90. The van der Waals surface area contributed by atoms with Crippen LogP contribution in [0.3, 0.4) is 0 Å². The van der Waals surface area contributed by atoms with Gasteiger partial charge in [-0.25, -0.2) is 0 Å². The molecular formula is C14H19N3O. The third-order valence-electron chi connectivity index (χ3n) is 3.49. The molecule has 0 atom stereocenters. The first-order valence-electron chi connectivity index (χ1n) is 6.55. The van der Waals surface area contributed by atoms with Crippen LogP contribution in [0, 0.1) is 0 Å². The van der Waals surface area contributed by atoms with Crippen molar-refractivity contribution in [3.63, 3.8) is 0 Å². The molecule has 96 valence electrons. The number of nitrogens with two attached hydrogens (primary N) is 1. The number of nitrogens with one attached hydrogen (secondary N) is 1. The highest BCUT2D eigenvalue weighted by atomic mass is 16.5. The number of H-pyrrole nitrogens is 1. The maximum absolute atomic E-state index is 5.79. The summed E-state index contributed by atoms with van der Waals surface area (Å²) in [5.74, 6) is 1.61. The molecule has 4 heteroatoms. The van der Waals surface area contributed by atoms with Gasteiger partial charge < -0.3 is 15.5 Å². The number of fused-ring (bicyclic) bond motifs is 1. The molecule has 1 aliphatic rings. The van der Waals surface area contributed by atoms with Crippen LogP contribution in [0.15, 0.2) is 24.3 Å². The van der Waals surface area contributed by atoms with Crippen molar-refractivity contribution in [2.24, 2.45) is 0 Å². The molecule has 4 nitrogen and oxygen atoms in total. The normalized spacial score (nSPS) is 16.4. The number of hydrogen-bond donors (Lipinski definition) is 2. The average molecular weight is 245 g/mol. The van der Waals surface area contributed by atoms with Crippen LogP contribution in [0.1, 0.15) is 12.8 Å². The minimum atomic E-state index is 0.694. The van der Waals surface area contributed by atoms with Crippen molar-refractivity contribution in [2.75, 3.05) is 32.0 Å². The number of hydrogen-bond acceptors (Lipinski definition) is 3. The van der Waals surface area contributed by atoms with Crippen molar-refractivity contribution >= 4 is 16.7 Å². The van der Waals surface area contributed by atoms with Crippen molar-refractivity contribution in [1.29, 1.82) is 0 Å². The maximum atomic E-state index is 5.79. The van der Waals surface area contributed by atoms with Gasteiger partial charge in [0.15, 0.2) is 0 Å². The maximum Gasteiger partial charge on any atom is 0.120 e. The lowest BCUT2D eigenvalue weighted by Crippen LogP contribution is -2.25. The Labute approximate surface area is 107 Å². The van der Waals surface area contributed by atoms with E-state index in [9.17, 15) is 0 Å². The molecule has 2 aromatic rings. The van der Waals surface area contributed by atoms with E-state index in [2.05, 4.69) is 9.88 Å². The molecule has 3 rings (SSSR count). The van der Waals surface area contributed by atoms with Crippen LogP contribution in [0.25, 0.3) is 10.9 Å². The van der Waals surface area contributed by atoms with Gasteiger partial charge in [-0.15, -0.1) is 0 Å². The molecular weight excluding hydrogens is 226 g/mol. The van der Waals surface area contributed by atoms with Gasteiger partial charge in [0.05, 0.1) is 0 Å². The molecule has 1 aromatic heterocycles. The first kappa shape index (κ1) is 11.4. The number of aromatic nitrogens is 1. The molecule has 3 N–H and O–H groups in total. The molecule has 0 amide bonds. The summed E-state index contributed by atoms with van der Waals surface area (Å²) in [6, 6.07) is 7.97. The molecule has 0 radical (unpaired) electrons. The van der Waals surface area contributed by atoms with E-state index >= 15 is 0 Å². The van der Waals surface area contributed by atoms with E-state index in [4.69, 9.17) is 10.5 Å². The Morgan fingerprint density at radius 1 is 1.22 bits per heavy atom. The van der Waals surface area contributed by atoms with E-state index in [1.54, 1.807) is 0 Å². The SMILES string of the molecule is Nc1cc2cc(OCCN3CCCC3)ccc2[nH]1. The smallest absolute Gasteiger partial charge is 0.120 e. The van der Waals surface area contributed by atoms with Crippen molar-refractivity contribution in [3.05, 3.63) is 24.3 Å². The molecule has 1 aromatic carbocycles. The highest BCUT2D eigenvalue weighted by Crippen LogP contribution is 2.22. The molecule has 0 unspecified atom stereocenters. The number of anilines is 1. The standard InChI is InChI=1S/C14H19N3O/c15-14-10-11-9-12(3-4-13(11)16-14)18-8-7-17-5-1-2-6-17/h3-4,9-10,16H,1-2,5-8,15H2. The van der Waals surface area contributed by atoms with Gasteiger partial charge in [-0.3, -0.25) is 4.90 Å². The summed E-state index contributed by atoms with van der Waals surface area (Å²) < 4.78 is 5.79. The number of aromatic amines is 1. The monoisotopic (exact) mass is 245 g/mol. The van der Waals surface area contributed by atoms with Gasteiger partial charge in [0.2, 0.25) is 0 Å². The molecule has 1 fully saturated rings. The highest BCUT2D eigenvalue weighted by molar-refractivity contribution is 5.84. The van der Waals surface area contributed by atoms with Gasteiger partial charge in [-0.2, -0.15) is 0 Å². The van der Waals surface area contributed by atoms with E-state index in [0.717, 1.165) is 29.8 Å². The van der Waals surface area contributed by atoms with Crippen molar-refractivity contribution in [3.8, 4) is 5.75 Å². The minimum Gasteiger partial charge on any atom is -0.492 e. The number of benzene rings is 1. The first-order chi connectivity index (χ1) is 8.81. The van der Waals surface area contributed by atoms with Gasteiger partial charge in [0.25, 0.3) is 0 Å². The lowest BCUT2D eigenvalue weighted by Gasteiger charge is -2.14. The summed E-state index contributed by atoms with van der Waals surface area (Å²) in [6.07, 6.45) is 2.66. The number of nitrogens with zero attached hydrogens (tertiary/aromatic N) is 1. The summed E-state index contributed by atoms with van der Waals surface area (Å²) in [7, 11) is 0. The Hall–Kier alpha value is -1.68. The van der Waals surface area contributed by atoms with Crippen LogP contribution in [-0.4, -0.2) is 36.1 Å². The van der Waals surface area contributed by atoms with Crippen molar-refractivity contribution in [2.45, 2.75) is 12.8 Å². The second-order valence-corrected chi connectivity index (χ2v) is 4.87. The van der Waals surface area contributed by atoms with E-state index in [1.807, 2.05) is 24.3 Å². The van der Waals surface area contributed by atoms with Gasteiger partial charge >= 0.3 is 0 Å². The average Bonchev–Trinajstić information content (AvgIpc) is 2.96. The molecule has 18 heavy (non-hydrogen) atoms. The molecule has 1 aliphatic heterocycles. The Morgan fingerprint density at radius 2 is 2.06 bits per heavy atom. The largest absolute Gasteiger partial charge is 0.492 e. The van der Waals surface area contributed by atoms with Crippen LogP contribution in [0.5, 0.6) is 5.75 Å². The molecule has 1 saturated heterocycles. The molecule has 0 saturated carbocycles.